The number of benzene rings is 8. The second-order valence-electron chi connectivity index (χ2n) is 14.0. The van der Waals surface area contributed by atoms with Crippen molar-refractivity contribution in [2.45, 2.75) is 0 Å². The highest BCUT2D eigenvalue weighted by Gasteiger charge is 2.16. The van der Waals surface area contributed by atoms with Crippen molar-refractivity contribution in [3.8, 4) is 45.2 Å². The van der Waals surface area contributed by atoms with Crippen LogP contribution in [0, 0.1) is 0 Å². The molecule has 0 aliphatic rings. The highest BCUT2D eigenvalue weighted by Crippen LogP contribution is 2.39. The van der Waals surface area contributed by atoms with Crippen molar-refractivity contribution >= 4 is 60.9 Å². The first kappa shape index (κ1) is 31.9. The zero-order chi connectivity index (χ0) is 37.0. The van der Waals surface area contributed by atoms with Crippen LogP contribution in [0.4, 0.5) is 17.1 Å². The fourth-order valence-electron chi connectivity index (χ4n) is 7.60. The normalized spacial score (nSPS) is 11.6. The topological polar surface area (TPSA) is 55.6 Å². The molecule has 0 aliphatic heterocycles. The molecule has 11 rings (SSSR count). The molecule has 8 aromatic carbocycles. The maximum atomic E-state index is 6.33. The predicted octanol–water partition coefficient (Wildman–Crippen LogP) is 14.6. The third-order valence-corrected chi connectivity index (χ3v) is 10.5. The van der Waals surface area contributed by atoms with Crippen LogP contribution in [0.15, 0.2) is 207 Å². The first-order valence-electron chi connectivity index (χ1n) is 18.7. The van der Waals surface area contributed by atoms with Crippen LogP contribution in [0.5, 0.6) is 0 Å². The fraction of sp³-hybridized carbons (Fsp3) is 0. The van der Waals surface area contributed by atoms with E-state index >= 15 is 0 Å². The number of rotatable bonds is 7. The van der Waals surface area contributed by atoms with Gasteiger partial charge >= 0.3 is 0 Å². The van der Waals surface area contributed by atoms with Gasteiger partial charge in [-0.2, -0.15) is 0 Å². The summed E-state index contributed by atoms with van der Waals surface area (Å²) in [6.07, 6.45) is 0. The molecule has 5 nitrogen and oxygen atoms in total. The van der Waals surface area contributed by atoms with E-state index in [1.165, 1.54) is 5.39 Å². The van der Waals surface area contributed by atoms with E-state index in [1.54, 1.807) is 0 Å². The Kier molecular flexibility index (Phi) is 7.42. The average molecular weight is 721 g/mol. The fourth-order valence-corrected chi connectivity index (χ4v) is 7.60. The van der Waals surface area contributed by atoms with Gasteiger partial charge in [0.25, 0.3) is 0 Å². The van der Waals surface area contributed by atoms with Crippen molar-refractivity contribution in [3.05, 3.63) is 194 Å². The number of para-hydroxylation sites is 2. The molecule has 0 unspecified atom stereocenters. The van der Waals surface area contributed by atoms with Gasteiger partial charge in [0, 0.05) is 44.5 Å². The molecule has 0 fully saturated rings. The Hall–Kier alpha value is -7.63. The number of nitrogens with zero attached hydrogens (tertiary/aromatic N) is 2. The van der Waals surface area contributed by atoms with Crippen LogP contribution in [0.25, 0.3) is 89.0 Å². The number of aromatic nitrogens is 1. The molecular weight excluding hydrogens is 689 g/mol. The Morgan fingerprint density at radius 3 is 1.38 bits per heavy atom. The van der Waals surface area contributed by atoms with Gasteiger partial charge in [-0.1, -0.05) is 84.9 Å². The molecule has 56 heavy (non-hydrogen) atoms. The zero-order valence-corrected chi connectivity index (χ0v) is 30.1. The quantitative estimate of drug-likeness (QED) is 0.164. The van der Waals surface area contributed by atoms with Gasteiger partial charge in [-0.25, -0.2) is 4.98 Å². The molecule has 264 valence electrons. The number of furan rings is 2. The van der Waals surface area contributed by atoms with E-state index in [2.05, 4.69) is 150 Å². The Bertz CT molecular complexity index is 3000. The van der Waals surface area contributed by atoms with E-state index in [9.17, 15) is 0 Å². The van der Waals surface area contributed by atoms with Crippen molar-refractivity contribution in [1.29, 1.82) is 0 Å². The lowest BCUT2D eigenvalue weighted by molar-refractivity contribution is 0.620. The number of anilines is 3. The van der Waals surface area contributed by atoms with E-state index in [0.717, 1.165) is 94.8 Å². The van der Waals surface area contributed by atoms with Crippen LogP contribution in [0.2, 0.25) is 0 Å². The van der Waals surface area contributed by atoms with E-state index in [4.69, 9.17) is 18.2 Å². The summed E-state index contributed by atoms with van der Waals surface area (Å²) in [5, 5.41) is 4.53. The van der Waals surface area contributed by atoms with Gasteiger partial charge in [-0.3, -0.25) is 0 Å². The average Bonchev–Trinajstić information content (AvgIpc) is 4.01. The minimum atomic E-state index is 0.617. The lowest BCUT2D eigenvalue weighted by Gasteiger charge is -2.26. The summed E-state index contributed by atoms with van der Waals surface area (Å²) in [5.41, 5.74) is 11.6. The SMILES string of the molecule is c1ccc2cc(-c3nc4ccc(-c5ccc(N(c6ccc(-c7cc8ccccc8o7)cc6)c6ccc(-c7cc8ccccc8o7)cc6)cc5)cc4o3)ccc2c1. The van der Waals surface area contributed by atoms with Crippen molar-refractivity contribution < 1.29 is 13.3 Å². The second-order valence-corrected chi connectivity index (χ2v) is 14.0. The summed E-state index contributed by atoms with van der Waals surface area (Å²) in [6, 6.07) is 67.0. The molecule has 0 bridgehead atoms. The maximum absolute atomic E-state index is 6.33. The minimum Gasteiger partial charge on any atom is -0.456 e. The first-order valence-corrected chi connectivity index (χ1v) is 18.7. The van der Waals surface area contributed by atoms with E-state index in [1.807, 2.05) is 48.5 Å². The number of fused-ring (bicyclic) bond motifs is 4. The molecule has 0 spiro atoms. The lowest BCUT2D eigenvalue weighted by atomic mass is 10.0. The van der Waals surface area contributed by atoms with Gasteiger partial charge < -0.3 is 18.2 Å². The molecule has 5 heteroatoms. The van der Waals surface area contributed by atoms with Crippen LogP contribution < -0.4 is 4.90 Å². The molecule has 0 radical (unpaired) electrons. The van der Waals surface area contributed by atoms with Crippen LogP contribution in [-0.4, -0.2) is 4.98 Å². The number of hydrogen-bond acceptors (Lipinski definition) is 5. The second kappa shape index (κ2) is 13.0. The van der Waals surface area contributed by atoms with Gasteiger partial charge in [-0.15, -0.1) is 0 Å². The van der Waals surface area contributed by atoms with Gasteiger partial charge in [-0.05, 0) is 131 Å². The van der Waals surface area contributed by atoms with Gasteiger partial charge in [0.1, 0.15) is 28.2 Å². The van der Waals surface area contributed by atoms with Crippen molar-refractivity contribution in [2.24, 2.45) is 0 Å². The summed E-state index contributed by atoms with van der Waals surface area (Å²) in [5.74, 6) is 2.31. The zero-order valence-electron chi connectivity index (χ0n) is 30.1. The van der Waals surface area contributed by atoms with E-state index in [0.29, 0.717) is 5.89 Å². The molecule has 0 N–H and O–H groups in total. The van der Waals surface area contributed by atoms with Crippen LogP contribution >= 0.6 is 0 Å². The smallest absolute Gasteiger partial charge is 0.227 e. The Morgan fingerprint density at radius 2 is 0.804 bits per heavy atom. The Balaban J connectivity index is 0.931. The summed E-state index contributed by atoms with van der Waals surface area (Å²) >= 11 is 0. The lowest BCUT2D eigenvalue weighted by Crippen LogP contribution is -2.09. The first-order chi connectivity index (χ1) is 27.7. The molecule has 0 aliphatic carbocycles. The van der Waals surface area contributed by atoms with E-state index < -0.39 is 0 Å². The molecule has 11 aromatic rings. The van der Waals surface area contributed by atoms with Gasteiger partial charge in [0.2, 0.25) is 5.89 Å². The molecule has 0 saturated heterocycles. The summed E-state index contributed by atoms with van der Waals surface area (Å²) in [7, 11) is 0. The molecular formula is C51H32N2O3. The van der Waals surface area contributed by atoms with Crippen LogP contribution in [0.1, 0.15) is 0 Å². The molecule has 3 heterocycles. The monoisotopic (exact) mass is 720 g/mol. The molecule has 0 saturated carbocycles. The van der Waals surface area contributed by atoms with Gasteiger partial charge in [0.15, 0.2) is 5.58 Å². The summed E-state index contributed by atoms with van der Waals surface area (Å²) in [4.78, 5) is 7.08. The Morgan fingerprint density at radius 1 is 0.321 bits per heavy atom. The van der Waals surface area contributed by atoms with Gasteiger partial charge in [0.05, 0.1) is 0 Å². The highest BCUT2D eigenvalue weighted by molar-refractivity contribution is 5.89. The Labute approximate surface area is 322 Å². The third kappa shape index (κ3) is 5.70. The summed E-state index contributed by atoms with van der Waals surface area (Å²) < 4.78 is 18.7. The van der Waals surface area contributed by atoms with Crippen LogP contribution in [-0.2, 0) is 0 Å². The predicted molar refractivity (Wildman–Crippen MR) is 227 cm³/mol. The molecule has 0 atom stereocenters. The van der Waals surface area contributed by atoms with E-state index in [-0.39, 0.29) is 0 Å². The highest BCUT2D eigenvalue weighted by atomic mass is 16.3. The largest absolute Gasteiger partial charge is 0.456 e. The van der Waals surface area contributed by atoms with Crippen molar-refractivity contribution in [1.82, 2.24) is 4.98 Å². The molecule has 3 aromatic heterocycles. The van der Waals surface area contributed by atoms with Crippen LogP contribution in [0.3, 0.4) is 0 Å². The minimum absolute atomic E-state index is 0.617. The number of hydrogen-bond donors (Lipinski definition) is 0. The standard InChI is InChI=1S/C51H32N2O3/c1-2-8-37-29-41(14-13-33(37)7-1)51-52-45-28-21-38(30-50(45)56-51)34-15-22-42(23-16-34)53(43-24-17-35(18-25-43)48-31-39-9-3-5-11-46(39)54-48)44-26-19-36(20-27-44)49-32-40-10-4-6-12-47(40)55-49/h1-32H. The maximum Gasteiger partial charge on any atom is 0.227 e. The summed E-state index contributed by atoms with van der Waals surface area (Å²) in [6.45, 7) is 0. The number of oxazole rings is 1. The van der Waals surface area contributed by atoms with Crippen molar-refractivity contribution in [3.63, 3.8) is 0 Å². The van der Waals surface area contributed by atoms with Crippen molar-refractivity contribution in [2.75, 3.05) is 4.90 Å². The molecule has 0 amide bonds. The third-order valence-electron chi connectivity index (χ3n) is 10.5.